The van der Waals surface area contributed by atoms with Crippen LogP contribution in [0.25, 0.3) is 10.9 Å². The predicted octanol–water partition coefficient (Wildman–Crippen LogP) is 3.13. The second kappa shape index (κ2) is 5.49. The SMILES string of the molecule is O=[N+]([O-])c1ccc2c(ccn2CCOCC(F)(F)F)c1. The van der Waals surface area contributed by atoms with E-state index in [1.807, 2.05) is 0 Å². The Bertz CT molecular complexity index is 622. The van der Waals surface area contributed by atoms with Crippen LogP contribution in [-0.4, -0.2) is 28.9 Å². The highest BCUT2D eigenvalue weighted by Gasteiger charge is 2.27. The van der Waals surface area contributed by atoms with E-state index in [9.17, 15) is 23.3 Å². The Morgan fingerprint density at radius 1 is 1.30 bits per heavy atom. The van der Waals surface area contributed by atoms with Gasteiger partial charge in [-0.2, -0.15) is 13.2 Å². The van der Waals surface area contributed by atoms with Crippen LogP contribution >= 0.6 is 0 Å². The fraction of sp³-hybridized carbons (Fsp3) is 0.333. The molecule has 0 aliphatic rings. The number of nitrogens with zero attached hydrogens (tertiary/aromatic N) is 2. The summed E-state index contributed by atoms with van der Waals surface area (Å²) in [5.41, 5.74) is 0.690. The van der Waals surface area contributed by atoms with Crippen molar-refractivity contribution in [1.29, 1.82) is 0 Å². The second-order valence-corrected chi connectivity index (χ2v) is 4.18. The standard InChI is InChI=1S/C12H11F3N2O3/c13-12(14,15)8-20-6-5-16-4-3-9-7-10(17(18)19)1-2-11(9)16/h1-4,7H,5-6,8H2. The molecular formula is C12H11F3N2O3. The minimum Gasteiger partial charge on any atom is -0.370 e. The number of aromatic nitrogens is 1. The molecule has 0 aliphatic heterocycles. The van der Waals surface area contributed by atoms with E-state index in [-0.39, 0.29) is 18.8 Å². The van der Waals surface area contributed by atoms with Gasteiger partial charge in [-0.1, -0.05) is 0 Å². The molecule has 0 bridgehead atoms. The maximum absolute atomic E-state index is 11.9. The Hall–Kier alpha value is -2.09. The van der Waals surface area contributed by atoms with E-state index in [2.05, 4.69) is 4.74 Å². The molecule has 0 amide bonds. The van der Waals surface area contributed by atoms with Crippen LogP contribution in [0.4, 0.5) is 18.9 Å². The van der Waals surface area contributed by atoms with Gasteiger partial charge < -0.3 is 9.30 Å². The first-order valence-electron chi connectivity index (χ1n) is 5.74. The van der Waals surface area contributed by atoms with E-state index in [0.717, 1.165) is 0 Å². The number of ether oxygens (including phenoxy) is 1. The summed E-state index contributed by atoms with van der Waals surface area (Å²) in [5, 5.41) is 11.3. The molecule has 0 saturated heterocycles. The van der Waals surface area contributed by atoms with Crippen LogP contribution in [0.2, 0.25) is 0 Å². The molecule has 0 aliphatic carbocycles. The lowest BCUT2D eigenvalue weighted by Gasteiger charge is -2.09. The minimum absolute atomic E-state index is 0.0245. The third-order valence-electron chi connectivity index (χ3n) is 2.71. The number of non-ortho nitro benzene ring substituents is 1. The Kier molecular flexibility index (Phi) is 3.93. The van der Waals surface area contributed by atoms with E-state index in [1.165, 1.54) is 12.1 Å². The quantitative estimate of drug-likeness (QED) is 0.482. The van der Waals surface area contributed by atoms with Crippen LogP contribution in [0.1, 0.15) is 0 Å². The van der Waals surface area contributed by atoms with E-state index < -0.39 is 17.7 Å². The van der Waals surface area contributed by atoms with Crippen molar-refractivity contribution in [3.63, 3.8) is 0 Å². The molecule has 0 fully saturated rings. The zero-order chi connectivity index (χ0) is 14.8. The largest absolute Gasteiger partial charge is 0.411 e. The summed E-state index contributed by atoms with van der Waals surface area (Å²) in [6, 6.07) is 6.02. The molecule has 0 radical (unpaired) electrons. The lowest BCUT2D eigenvalue weighted by atomic mass is 10.2. The lowest BCUT2D eigenvalue weighted by molar-refractivity contribution is -0.384. The highest BCUT2D eigenvalue weighted by Crippen LogP contribution is 2.22. The second-order valence-electron chi connectivity index (χ2n) is 4.18. The molecule has 2 rings (SSSR count). The van der Waals surface area contributed by atoms with Gasteiger partial charge in [0, 0.05) is 35.8 Å². The molecule has 8 heteroatoms. The molecule has 1 aromatic carbocycles. The average Bonchev–Trinajstić information content (AvgIpc) is 2.76. The molecule has 20 heavy (non-hydrogen) atoms. The Labute approximate surface area is 111 Å². The van der Waals surface area contributed by atoms with Crippen LogP contribution in [0, 0.1) is 10.1 Å². The van der Waals surface area contributed by atoms with Gasteiger partial charge in [0.1, 0.15) is 6.61 Å². The van der Waals surface area contributed by atoms with Crippen LogP contribution in [-0.2, 0) is 11.3 Å². The van der Waals surface area contributed by atoms with Gasteiger partial charge in [-0.05, 0) is 12.1 Å². The van der Waals surface area contributed by atoms with Crippen LogP contribution < -0.4 is 0 Å². The fourth-order valence-electron chi connectivity index (χ4n) is 1.85. The lowest BCUT2D eigenvalue weighted by Crippen LogP contribution is -2.18. The van der Waals surface area contributed by atoms with Crippen molar-refractivity contribution in [2.75, 3.05) is 13.2 Å². The van der Waals surface area contributed by atoms with Gasteiger partial charge >= 0.3 is 6.18 Å². The van der Waals surface area contributed by atoms with Gasteiger partial charge in [-0.3, -0.25) is 10.1 Å². The zero-order valence-electron chi connectivity index (χ0n) is 10.3. The first kappa shape index (κ1) is 14.3. The molecule has 108 valence electrons. The molecule has 0 unspecified atom stereocenters. The van der Waals surface area contributed by atoms with Gasteiger partial charge in [0.15, 0.2) is 0 Å². The summed E-state index contributed by atoms with van der Waals surface area (Å²) in [4.78, 5) is 10.1. The maximum atomic E-state index is 11.9. The first-order valence-corrected chi connectivity index (χ1v) is 5.74. The van der Waals surface area contributed by atoms with Gasteiger partial charge in [0.2, 0.25) is 0 Å². The van der Waals surface area contributed by atoms with Crippen molar-refractivity contribution in [3.05, 3.63) is 40.6 Å². The number of benzene rings is 1. The van der Waals surface area contributed by atoms with Gasteiger partial charge in [0.05, 0.1) is 11.5 Å². The number of hydrogen-bond donors (Lipinski definition) is 0. The van der Waals surface area contributed by atoms with Crippen molar-refractivity contribution >= 4 is 16.6 Å². The van der Waals surface area contributed by atoms with Gasteiger partial charge in [-0.15, -0.1) is 0 Å². The number of hydrogen-bond acceptors (Lipinski definition) is 3. The fourth-order valence-corrected chi connectivity index (χ4v) is 1.85. The van der Waals surface area contributed by atoms with Gasteiger partial charge in [-0.25, -0.2) is 0 Å². The highest BCUT2D eigenvalue weighted by molar-refractivity contribution is 5.82. The van der Waals surface area contributed by atoms with Crippen molar-refractivity contribution < 1.29 is 22.8 Å². The molecular weight excluding hydrogens is 277 g/mol. The van der Waals surface area contributed by atoms with E-state index in [1.54, 1.807) is 22.9 Å². The average molecular weight is 288 g/mol. The monoisotopic (exact) mass is 288 g/mol. The zero-order valence-corrected chi connectivity index (χ0v) is 10.3. The van der Waals surface area contributed by atoms with Crippen LogP contribution in [0.15, 0.2) is 30.5 Å². The third kappa shape index (κ3) is 3.47. The number of rotatable bonds is 5. The highest BCUT2D eigenvalue weighted by atomic mass is 19.4. The van der Waals surface area contributed by atoms with Crippen molar-refractivity contribution in [3.8, 4) is 0 Å². The van der Waals surface area contributed by atoms with Gasteiger partial charge in [0.25, 0.3) is 5.69 Å². The van der Waals surface area contributed by atoms with Crippen molar-refractivity contribution in [2.45, 2.75) is 12.7 Å². The van der Waals surface area contributed by atoms with Crippen LogP contribution in [0.5, 0.6) is 0 Å². The summed E-state index contributed by atoms with van der Waals surface area (Å²) >= 11 is 0. The smallest absolute Gasteiger partial charge is 0.370 e. The van der Waals surface area contributed by atoms with E-state index in [0.29, 0.717) is 10.9 Å². The Morgan fingerprint density at radius 2 is 2.05 bits per heavy atom. The summed E-state index contributed by atoms with van der Waals surface area (Å²) in [6.07, 6.45) is -2.68. The Morgan fingerprint density at radius 3 is 2.70 bits per heavy atom. The molecule has 0 N–H and O–H groups in total. The molecule has 0 saturated carbocycles. The summed E-state index contributed by atoms with van der Waals surface area (Å²) in [6.45, 7) is -1.12. The molecule has 0 spiro atoms. The maximum Gasteiger partial charge on any atom is 0.411 e. The summed E-state index contributed by atoms with van der Waals surface area (Å²) in [5.74, 6) is 0. The minimum atomic E-state index is -4.33. The van der Waals surface area contributed by atoms with E-state index >= 15 is 0 Å². The number of nitro groups is 1. The number of nitro benzene ring substituents is 1. The topological polar surface area (TPSA) is 57.3 Å². The number of alkyl halides is 3. The molecule has 1 heterocycles. The van der Waals surface area contributed by atoms with Crippen molar-refractivity contribution in [2.24, 2.45) is 0 Å². The third-order valence-corrected chi connectivity index (χ3v) is 2.71. The number of fused-ring (bicyclic) bond motifs is 1. The van der Waals surface area contributed by atoms with Crippen LogP contribution in [0.3, 0.4) is 0 Å². The predicted molar refractivity (Wildman–Crippen MR) is 65.5 cm³/mol. The summed E-state index contributed by atoms with van der Waals surface area (Å²) in [7, 11) is 0. The summed E-state index contributed by atoms with van der Waals surface area (Å²) < 4.78 is 41.9. The molecule has 5 nitrogen and oxygen atoms in total. The molecule has 0 atom stereocenters. The normalized spacial score (nSPS) is 11.9. The van der Waals surface area contributed by atoms with Crippen molar-refractivity contribution in [1.82, 2.24) is 4.57 Å². The van der Waals surface area contributed by atoms with E-state index in [4.69, 9.17) is 0 Å². The first-order chi connectivity index (χ1) is 9.37. The number of halogens is 3. The Balaban J connectivity index is 2.03. The molecule has 1 aromatic heterocycles. The molecule has 2 aromatic rings.